The first-order valence-electron chi connectivity index (χ1n) is 7.49. The molecule has 0 aliphatic rings. The van der Waals surface area contributed by atoms with E-state index in [1.165, 1.54) is 0 Å². The first-order valence-corrected chi connectivity index (χ1v) is 7.49. The van der Waals surface area contributed by atoms with Gasteiger partial charge in [-0.3, -0.25) is 0 Å². The van der Waals surface area contributed by atoms with Gasteiger partial charge in [0.25, 0.3) is 0 Å². The van der Waals surface area contributed by atoms with Gasteiger partial charge in [0.15, 0.2) is 0 Å². The van der Waals surface area contributed by atoms with E-state index >= 15 is 0 Å². The lowest BCUT2D eigenvalue weighted by Crippen LogP contribution is -2.35. The van der Waals surface area contributed by atoms with Gasteiger partial charge in [0.2, 0.25) is 0 Å². The molecule has 0 bridgehead atoms. The second-order valence-electron chi connectivity index (χ2n) is 6.38. The molecule has 1 aromatic carbocycles. The van der Waals surface area contributed by atoms with Crippen molar-refractivity contribution in [3.8, 4) is 11.5 Å². The van der Waals surface area contributed by atoms with E-state index in [1.807, 2.05) is 31.2 Å². The highest BCUT2D eigenvalue weighted by Gasteiger charge is 2.18. The molecule has 0 spiro atoms. The molecule has 0 unspecified atom stereocenters. The number of rotatable bonds is 9. The molecule has 0 saturated carbocycles. The zero-order valence-electron chi connectivity index (χ0n) is 13.5. The highest BCUT2D eigenvalue weighted by Crippen LogP contribution is 2.21. The Morgan fingerprint density at radius 1 is 1.05 bits per heavy atom. The predicted octanol–water partition coefficient (Wildman–Crippen LogP) is 3.74. The third-order valence-electron chi connectivity index (χ3n) is 2.92. The summed E-state index contributed by atoms with van der Waals surface area (Å²) in [6.07, 6.45) is 0. The summed E-state index contributed by atoms with van der Waals surface area (Å²) in [5.41, 5.74) is 0.119. The van der Waals surface area contributed by atoms with Gasteiger partial charge in [0.05, 0.1) is 13.2 Å². The van der Waals surface area contributed by atoms with Crippen LogP contribution in [0.15, 0.2) is 24.3 Å². The summed E-state index contributed by atoms with van der Waals surface area (Å²) in [7, 11) is 0. The largest absolute Gasteiger partial charge is 0.494 e. The highest BCUT2D eigenvalue weighted by molar-refractivity contribution is 5.31. The predicted molar refractivity (Wildman–Crippen MR) is 84.6 cm³/mol. The van der Waals surface area contributed by atoms with Crippen molar-refractivity contribution in [1.29, 1.82) is 0 Å². The van der Waals surface area contributed by atoms with Crippen LogP contribution >= 0.6 is 0 Å². The molecular formula is C17H29NO2. The van der Waals surface area contributed by atoms with Crippen LogP contribution in [-0.4, -0.2) is 26.3 Å². The van der Waals surface area contributed by atoms with Gasteiger partial charge in [0.1, 0.15) is 11.5 Å². The maximum Gasteiger partial charge on any atom is 0.119 e. The van der Waals surface area contributed by atoms with Crippen LogP contribution in [0.25, 0.3) is 0 Å². The van der Waals surface area contributed by atoms with E-state index in [0.29, 0.717) is 19.1 Å². The van der Waals surface area contributed by atoms with Crippen molar-refractivity contribution in [2.24, 2.45) is 11.3 Å². The molecule has 0 radical (unpaired) electrons. The average molecular weight is 279 g/mol. The standard InChI is InChI=1S/C17H29NO2/c1-6-19-15-7-9-16(10-8-15)20-13-17(4,5)12-18-11-14(2)3/h7-10,14,18H,6,11-13H2,1-5H3. The molecule has 0 aliphatic carbocycles. The Morgan fingerprint density at radius 2 is 1.60 bits per heavy atom. The summed E-state index contributed by atoms with van der Waals surface area (Å²) in [5.74, 6) is 2.46. The second-order valence-corrected chi connectivity index (χ2v) is 6.38. The van der Waals surface area contributed by atoms with Crippen LogP contribution in [-0.2, 0) is 0 Å². The fourth-order valence-corrected chi connectivity index (χ4v) is 1.83. The van der Waals surface area contributed by atoms with E-state index in [-0.39, 0.29) is 5.41 Å². The molecule has 0 aromatic heterocycles. The summed E-state index contributed by atoms with van der Waals surface area (Å²) < 4.78 is 11.3. The Morgan fingerprint density at radius 3 is 2.10 bits per heavy atom. The van der Waals surface area contributed by atoms with Gasteiger partial charge in [-0.25, -0.2) is 0 Å². The van der Waals surface area contributed by atoms with Crippen molar-refractivity contribution < 1.29 is 9.47 Å². The zero-order valence-corrected chi connectivity index (χ0v) is 13.5. The van der Waals surface area contributed by atoms with Crippen molar-refractivity contribution in [3.05, 3.63) is 24.3 Å². The second kappa shape index (κ2) is 8.15. The summed E-state index contributed by atoms with van der Waals surface area (Å²) in [6, 6.07) is 7.82. The highest BCUT2D eigenvalue weighted by atomic mass is 16.5. The van der Waals surface area contributed by atoms with E-state index in [2.05, 4.69) is 33.0 Å². The van der Waals surface area contributed by atoms with Crippen LogP contribution < -0.4 is 14.8 Å². The van der Waals surface area contributed by atoms with Crippen LogP contribution in [0.2, 0.25) is 0 Å². The fraction of sp³-hybridized carbons (Fsp3) is 0.647. The molecule has 0 fully saturated rings. The van der Waals surface area contributed by atoms with Crippen LogP contribution in [0.1, 0.15) is 34.6 Å². The molecule has 20 heavy (non-hydrogen) atoms. The number of hydrogen-bond donors (Lipinski definition) is 1. The monoisotopic (exact) mass is 279 g/mol. The maximum absolute atomic E-state index is 5.87. The lowest BCUT2D eigenvalue weighted by atomic mass is 9.94. The minimum Gasteiger partial charge on any atom is -0.494 e. The molecule has 0 aliphatic heterocycles. The van der Waals surface area contributed by atoms with E-state index in [0.717, 1.165) is 24.6 Å². The molecule has 0 atom stereocenters. The van der Waals surface area contributed by atoms with E-state index in [9.17, 15) is 0 Å². The van der Waals surface area contributed by atoms with Crippen LogP contribution in [0.4, 0.5) is 0 Å². The third-order valence-corrected chi connectivity index (χ3v) is 2.92. The minimum atomic E-state index is 0.119. The maximum atomic E-state index is 5.87. The fourth-order valence-electron chi connectivity index (χ4n) is 1.83. The molecule has 3 heteroatoms. The van der Waals surface area contributed by atoms with Gasteiger partial charge in [-0.2, -0.15) is 0 Å². The lowest BCUT2D eigenvalue weighted by molar-refractivity contribution is 0.175. The first-order chi connectivity index (χ1) is 9.43. The topological polar surface area (TPSA) is 30.5 Å². The summed E-state index contributed by atoms with van der Waals surface area (Å²) in [6.45, 7) is 14.3. The lowest BCUT2D eigenvalue weighted by Gasteiger charge is -2.25. The molecule has 0 amide bonds. The molecule has 114 valence electrons. The van der Waals surface area contributed by atoms with Gasteiger partial charge < -0.3 is 14.8 Å². The average Bonchev–Trinajstić information content (AvgIpc) is 2.38. The van der Waals surface area contributed by atoms with E-state index < -0.39 is 0 Å². The quantitative estimate of drug-likeness (QED) is 0.747. The minimum absolute atomic E-state index is 0.119. The van der Waals surface area contributed by atoms with Crippen LogP contribution in [0, 0.1) is 11.3 Å². The Hall–Kier alpha value is -1.22. The van der Waals surface area contributed by atoms with Crippen molar-refractivity contribution >= 4 is 0 Å². The number of benzene rings is 1. The van der Waals surface area contributed by atoms with E-state index in [1.54, 1.807) is 0 Å². The molecule has 1 rings (SSSR count). The summed E-state index contributed by atoms with van der Waals surface area (Å²) in [4.78, 5) is 0. The van der Waals surface area contributed by atoms with Crippen LogP contribution in [0.3, 0.4) is 0 Å². The third kappa shape index (κ3) is 6.80. The van der Waals surface area contributed by atoms with Gasteiger partial charge in [0, 0.05) is 12.0 Å². The Kier molecular flexibility index (Phi) is 6.86. The van der Waals surface area contributed by atoms with Gasteiger partial charge >= 0.3 is 0 Å². The van der Waals surface area contributed by atoms with E-state index in [4.69, 9.17) is 9.47 Å². The molecule has 1 aromatic rings. The molecular weight excluding hydrogens is 250 g/mol. The summed E-state index contributed by atoms with van der Waals surface area (Å²) in [5, 5.41) is 3.49. The molecule has 0 heterocycles. The Bertz CT molecular complexity index is 371. The number of hydrogen-bond acceptors (Lipinski definition) is 3. The van der Waals surface area contributed by atoms with Crippen molar-refractivity contribution in [3.63, 3.8) is 0 Å². The van der Waals surface area contributed by atoms with Gasteiger partial charge in [-0.05, 0) is 43.7 Å². The van der Waals surface area contributed by atoms with Crippen molar-refractivity contribution in [1.82, 2.24) is 5.32 Å². The first kappa shape index (κ1) is 16.8. The number of nitrogens with one attached hydrogen (secondary N) is 1. The smallest absolute Gasteiger partial charge is 0.119 e. The Labute approximate surface area is 123 Å². The van der Waals surface area contributed by atoms with Crippen molar-refractivity contribution in [2.75, 3.05) is 26.3 Å². The number of ether oxygens (including phenoxy) is 2. The molecule has 3 nitrogen and oxygen atoms in total. The molecule has 1 N–H and O–H groups in total. The van der Waals surface area contributed by atoms with Gasteiger partial charge in [-0.15, -0.1) is 0 Å². The zero-order chi connectivity index (χ0) is 15.0. The van der Waals surface area contributed by atoms with Gasteiger partial charge in [-0.1, -0.05) is 27.7 Å². The SMILES string of the molecule is CCOc1ccc(OCC(C)(C)CNCC(C)C)cc1. The summed E-state index contributed by atoms with van der Waals surface area (Å²) >= 11 is 0. The molecule has 0 saturated heterocycles. The Balaban J connectivity index is 2.36. The van der Waals surface area contributed by atoms with Crippen molar-refractivity contribution in [2.45, 2.75) is 34.6 Å². The normalized spacial score (nSPS) is 11.7. The van der Waals surface area contributed by atoms with Crippen LogP contribution in [0.5, 0.6) is 11.5 Å².